The fourth-order valence-corrected chi connectivity index (χ4v) is 8.19. The maximum atomic E-state index is 14.2. The number of ether oxygens (including phenoxy) is 6. The Kier molecular flexibility index (Phi) is 15.5. The fourth-order valence-electron chi connectivity index (χ4n) is 8.19. The number of nitrogens with zero attached hydrogens (tertiary/aromatic N) is 1. The van der Waals surface area contributed by atoms with Crippen LogP contribution in [-0.2, 0) is 38.0 Å². The summed E-state index contributed by atoms with van der Waals surface area (Å²) in [5.41, 5.74) is -4.69. The van der Waals surface area contributed by atoms with E-state index in [0.717, 1.165) is 0 Å². The Hall–Kier alpha value is -1.56. The minimum atomic E-state index is -1.82. The summed E-state index contributed by atoms with van der Waals surface area (Å²) >= 11 is 0. The number of Topliss-reactive ketones (excluding diaryl/α,β-unsaturated/α-hetero) is 1. The zero-order valence-electron chi connectivity index (χ0n) is 33.4. The monoisotopic (exact) mass is 744 g/mol. The predicted octanol–water partition coefficient (Wildman–Crippen LogP) is 1.93. The Bertz CT molecular complexity index is 1200. The summed E-state index contributed by atoms with van der Waals surface area (Å²) in [5.74, 6) is -3.08. The third-order valence-electron chi connectivity index (χ3n) is 11.5. The van der Waals surface area contributed by atoms with E-state index in [-0.39, 0.29) is 43.1 Å². The highest BCUT2D eigenvalue weighted by Crippen LogP contribution is 2.39. The fraction of sp³-hybridized carbons (Fsp3) is 0.895. The molecule has 14 nitrogen and oxygen atoms in total. The molecule has 5 N–H and O–H groups in total. The SMILES string of the molecule is C=C[C@@H]1O[C@@H](O[C@H]2[C@H](C)[C@@H](O[C@@H]3O[C@H](C)C[C@H](N(C)C)[C@H]3O)[C@](C)(O)C[C@@H](C)CN[C@H](C)[C@@H](O)[C@](C)(O)[C@@H](CC)OC(=O)[C@@H]2C)C[C@@](C)(OC)C1=O. The molecule has 3 aliphatic heterocycles. The Morgan fingerprint density at radius 2 is 1.65 bits per heavy atom. The molecule has 0 bridgehead atoms. The van der Waals surface area contributed by atoms with E-state index >= 15 is 0 Å². The van der Waals surface area contributed by atoms with E-state index in [0.29, 0.717) is 13.0 Å². The van der Waals surface area contributed by atoms with Crippen molar-refractivity contribution in [1.82, 2.24) is 10.2 Å². The molecule has 0 radical (unpaired) electrons. The molecule has 17 atom stereocenters. The second kappa shape index (κ2) is 17.9. The molecule has 0 unspecified atom stereocenters. The summed E-state index contributed by atoms with van der Waals surface area (Å²) in [5, 5.41) is 50.1. The van der Waals surface area contributed by atoms with E-state index in [1.807, 2.05) is 32.8 Å². The standard InChI is InChI=1S/C38H68N2O12/c1-14-26-32(43)37(9,47-13)18-28(49-26)51-30-22(5)33(52-35-29(41)25(40(11)12)16-21(4)48-35)36(8,45)17-20(3)19-39-24(7)31(42)38(10,46)27(15-2)50-34(44)23(30)6/h14,20-31,33,35,39,41-42,45-46H,1,15-19H2,2-13H3/t20-,21-,22+,23-,24-,25+,26+,27-,28+,29-,30+,31-,33-,35+,36-,37-,38-/m1/s1. The molecule has 3 heterocycles. The number of hydrogen-bond acceptors (Lipinski definition) is 14. The number of esters is 1. The van der Waals surface area contributed by atoms with Crippen molar-refractivity contribution in [2.24, 2.45) is 17.8 Å². The molecule has 52 heavy (non-hydrogen) atoms. The Morgan fingerprint density at radius 1 is 1.02 bits per heavy atom. The number of aliphatic hydroxyl groups excluding tert-OH is 2. The molecule has 302 valence electrons. The number of aliphatic hydroxyl groups is 4. The molecule has 0 saturated carbocycles. The van der Waals surface area contributed by atoms with Crippen LogP contribution < -0.4 is 5.32 Å². The van der Waals surface area contributed by atoms with Gasteiger partial charge in [0.15, 0.2) is 18.4 Å². The average Bonchev–Trinajstić information content (AvgIpc) is 3.07. The number of hydrogen-bond donors (Lipinski definition) is 5. The quantitative estimate of drug-likeness (QED) is 0.179. The predicted molar refractivity (Wildman–Crippen MR) is 193 cm³/mol. The number of methoxy groups -OCH3 is 1. The van der Waals surface area contributed by atoms with Crippen LogP contribution >= 0.6 is 0 Å². The van der Waals surface area contributed by atoms with Crippen LogP contribution in [0.25, 0.3) is 0 Å². The third-order valence-corrected chi connectivity index (χ3v) is 11.5. The third kappa shape index (κ3) is 9.99. The molecule has 3 rings (SSSR count). The Balaban J connectivity index is 2.17. The van der Waals surface area contributed by atoms with Crippen molar-refractivity contribution in [3.05, 3.63) is 12.7 Å². The van der Waals surface area contributed by atoms with Crippen molar-refractivity contribution < 1.29 is 58.4 Å². The van der Waals surface area contributed by atoms with Crippen LogP contribution in [0.15, 0.2) is 12.7 Å². The van der Waals surface area contributed by atoms with Gasteiger partial charge >= 0.3 is 5.97 Å². The van der Waals surface area contributed by atoms with E-state index in [4.69, 9.17) is 28.4 Å². The van der Waals surface area contributed by atoms with Crippen LogP contribution in [0, 0.1) is 17.8 Å². The molecule has 14 heteroatoms. The lowest BCUT2D eigenvalue weighted by Gasteiger charge is -2.48. The average molecular weight is 745 g/mol. The van der Waals surface area contributed by atoms with Crippen molar-refractivity contribution >= 4 is 11.8 Å². The summed E-state index contributed by atoms with van der Waals surface area (Å²) in [6.45, 7) is 19.6. The molecular weight excluding hydrogens is 676 g/mol. The summed E-state index contributed by atoms with van der Waals surface area (Å²) in [4.78, 5) is 29.2. The highest BCUT2D eigenvalue weighted by Gasteiger charge is 2.52. The van der Waals surface area contributed by atoms with E-state index in [2.05, 4.69) is 11.9 Å². The van der Waals surface area contributed by atoms with Crippen LogP contribution in [0.1, 0.15) is 88.0 Å². The van der Waals surface area contributed by atoms with Crippen molar-refractivity contribution in [3.8, 4) is 0 Å². The highest BCUT2D eigenvalue weighted by molar-refractivity contribution is 5.93. The topological polar surface area (TPSA) is 186 Å². The van der Waals surface area contributed by atoms with Gasteiger partial charge in [-0.25, -0.2) is 0 Å². The molecule has 0 spiro atoms. The van der Waals surface area contributed by atoms with Gasteiger partial charge in [-0.3, -0.25) is 9.59 Å². The van der Waals surface area contributed by atoms with Gasteiger partial charge in [0.1, 0.15) is 35.6 Å². The summed E-state index contributed by atoms with van der Waals surface area (Å²) in [6.07, 6.45) is -6.83. The number of carbonyl (C=O) groups excluding carboxylic acids is 2. The summed E-state index contributed by atoms with van der Waals surface area (Å²) in [7, 11) is 5.17. The summed E-state index contributed by atoms with van der Waals surface area (Å²) in [6, 6.07) is -0.892. The lowest BCUT2D eigenvalue weighted by atomic mass is 9.77. The lowest BCUT2D eigenvalue weighted by Crippen LogP contribution is -2.60. The van der Waals surface area contributed by atoms with Gasteiger partial charge in [0.25, 0.3) is 0 Å². The maximum Gasteiger partial charge on any atom is 0.311 e. The van der Waals surface area contributed by atoms with Crippen LogP contribution in [0.3, 0.4) is 0 Å². The first-order valence-electron chi connectivity index (χ1n) is 18.8. The lowest BCUT2D eigenvalue weighted by molar-refractivity contribution is -0.307. The zero-order chi connectivity index (χ0) is 39.5. The number of likely N-dealkylation sites (N-methyl/N-ethyl adjacent to an activating group) is 1. The molecule has 0 aromatic rings. The largest absolute Gasteiger partial charge is 0.459 e. The van der Waals surface area contributed by atoms with Crippen molar-refractivity contribution in [1.29, 1.82) is 0 Å². The van der Waals surface area contributed by atoms with Crippen LogP contribution in [-0.4, -0.2) is 149 Å². The molecule has 0 aliphatic carbocycles. The van der Waals surface area contributed by atoms with Crippen LogP contribution in [0.5, 0.6) is 0 Å². The first-order valence-corrected chi connectivity index (χ1v) is 18.8. The van der Waals surface area contributed by atoms with E-state index in [9.17, 15) is 30.0 Å². The van der Waals surface area contributed by atoms with E-state index in [1.165, 1.54) is 20.1 Å². The molecule has 0 aromatic heterocycles. The van der Waals surface area contributed by atoms with Gasteiger partial charge in [-0.05, 0) is 87.4 Å². The smallest absolute Gasteiger partial charge is 0.311 e. The number of rotatable bonds is 8. The minimum absolute atomic E-state index is 0.00879. The number of nitrogens with one attached hydrogen (secondary N) is 1. The number of cyclic esters (lactones) is 1. The number of ketones is 1. The summed E-state index contributed by atoms with van der Waals surface area (Å²) < 4.78 is 37.2. The van der Waals surface area contributed by atoms with Gasteiger partial charge < -0.3 is 59.1 Å². The first kappa shape index (κ1) is 44.8. The Labute approximate surface area is 310 Å². The van der Waals surface area contributed by atoms with Gasteiger partial charge in [-0.2, -0.15) is 0 Å². The van der Waals surface area contributed by atoms with E-state index in [1.54, 1.807) is 41.5 Å². The second-order valence-electron chi connectivity index (χ2n) is 16.5. The van der Waals surface area contributed by atoms with Gasteiger partial charge in [0.2, 0.25) is 0 Å². The van der Waals surface area contributed by atoms with Gasteiger partial charge in [-0.15, -0.1) is 6.58 Å². The normalized spacial score (nSPS) is 47.7. The van der Waals surface area contributed by atoms with Crippen molar-refractivity contribution in [2.45, 2.75) is 172 Å². The van der Waals surface area contributed by atoms with Crippen molar-refractivity contribution in [2.75, 3.05) is 27.7 Å². The molecule has 0 aromatic carbocycles. The Morgan fingerprint density at radius 3 is 2.21 bits per heavy atom. The molecule has 3 fully saturated rings. The molecule has 0 amide bonds. The zero-order valence-corrected chi connectivity index (χ0v) is 33.4. The number of carbonyl (C=O) groups is 2. The second-order valence-corrected chi connectivity index (χ2v) is 16.5. The van der Waals surface area contributed by atoms with Gasteiger partial charge in [0.05, 0.1) is 29.8 Å². The first-order chi connectivity index (χ1) is 24.0. The van der Waals surface area contributed by atoms with Crippen LogP contribution in [0.4, 0.5) is 0 Å². The molecular formula is C38H68N2O12. The minimum Gasteiger partial charge on any atom is -0.459 e. The van der Waals surface area contributed by atoms with Gasteiger partial charge in [-0.1, -0.05) is 26.8 Å². The molecule has 3 saturated heterocycles. The maximum absolute atomic E-state index is 14.2. The van der Waals surface area contributed by atoms with Crippen LogP contribution in [0.2, 0.25) is 0 Å². The van der Waals surface area contributed by atoms with E-state index < -0.39 is 89.9 Å². The van der Waals surface area contributed by atoms with Crippen molar-refractivity contribution in [3.63, 3.8) is 0 Å². The highest BCUT2D eigenvalue weighted by atomic mass is 16.7. The van der Waals surface area contributed by atoms with Gasteiger partial charge in [0, 0.05) is 31.5 Å². The molecule has 3 aliphatic rings.